The fourth-order valence-electron chi connectivity index (χ4n) is 8.96. The molecule has 2 aliphatic heterocycles. The number of imide groups is 1. The van der Waals surface area contributed by atoms with E-state index in [9.17, 15) is 43.4 Å². The molecule has 4 N–H and O–H groups in total. The predicted octanol–water partition coefficient (Wildman–Crippen LogP) is 3.08. The van der Waals surface area contributed by atoms with Crippen molar-refractivity contribution < 1.29 is 85.7 Å². The highest BCUT2D eigenvalue weighted by Crippen LogP contribution is 2.41. The van der Waals surface area contributed by atoms with Crippen LogP contribution in [0.2, 0.25) is 0 Å². The van der Waals surface area contributed by atoms with Gasteiger partial charge in [0.15, 0.2) is 0 Å². The third-order valence-corrected chi connectivity index (χ3v) is 13.0. The Kier molecular flexibility index (Phi) is 28.7. The van der Waals surface area contributed by atoms with Gasteiger partial charge in [-0.05, 0) is 29.2 Å². The number of ether oxygens (including phenoxy) is 8. The van der Waals surface area contributed by atoms with Crippen LogP contribution in [-0.2, 0) is 68.4 Å². The lowest BCUT2D eigenvalue weighted by Gasteiger charge is -2.41. The van der Waals surface area contributed by atoms with Crippen LogP contribution in [0.5, 0.6) is 0 Å². The van der Waals surface area contributed by atoms with Crippen molar-refractivity contribution in [3.63, 3.8) is 0 Å². The molecule has 6 amide bonds. The Morgan fingerprint density at radius 1 is 0.704 bits per heavy atom. The minimum atomic E-state index is -1.15. The van der Waals surface area contributed by atoms with Gasteiger partial charge in [0.05, 0.1) is 117 Å². The summed E-state index contributed by atoms with van der Waals surface area (Å²) in [6.07, 6.45) is 2.89. The molecule has 25 heteroatoms. The summed E-state index contributed by atoms with van der Waals surface area (Å²) in [4.78, 5) is 82.7. The Morgan fingerprint density at radius 3 is 1.75 bits per heavy atom. The van der Waals surface area contributed by atoms with E-state index in [0.29, 0.717) is 98.3 Å². The van der Waals surface area contributed by atoms with E-state index >= 15 is 4.39 Å². The van der Waals surface area contributed by atoms with Crippen LogP contribution in [0, 0.1) is 28.9 Å². The van der Waals surface area contributed by atoms with Crippen LogP contribution in [0.1, 0.15) is 51.0 Å². The fourth-order valence-corrected chi connectivity index (χ4v) is 8.96. The molecule has 0 bridgehead atoms. The molecule has 23 nitrogen and oxygen atoms in total. The van der Waals surface area contributed by atoms with Gasteiger partial charge in [-0.2, -0.15) is 0 Å². The lowest BCUT2D eigenvalue weighted by Crippen LogP contribution is -2.47. The van der Waals surface area contributed by atoms with Gasteiger partial charge in [0.25, 0.3) is 11.8 Å². The second-order valence-corrected chi connectivity index (χ2v) is 20.1. The van der Waals surface area contributed by atoms with Crippen LogP contribution in [0.15, 0.2) is 66.9 Å². The lowest BCUT2D eigenvalue weighted by atomic mass is 9.83. The number of likely N-dealkylation sites (tertiary alicyclic amines) is 1. The van der Waals surface area contributed by atoms with Gasteiger partial charge in [-0.15, -0.1) is 0 Å². The van der Waals surface area contributed by atoms with E-state index in [1.54, 1.807) is 10.8 Å². The van der Waals surface area contributed by atoms with Gasteiger partial charge in [0.1, 0.15) is 24.1 Å². The number of aromatic nitrogens is 2. The number of carbonyl (C=O) groups excluding carboxylic acids is 5. The molecule has 0 spiro atoms. The largest absolute Gasteiger partial charge is 0.465 e. The highest BCUT2D eigenvalue weighted by Gasteiger charge is 2.43. The topological polar surface area (TPSA) is 268 Å². The number of carbonyl (C=O) groups is 6. The number of aliphatic hydroxyl groups excluding tert-OH is 1. The van der Waals surface area contributed by atoms with Gasteiger partial charge < -0.3 is 73.1 Å². The van der Waals surface area contributed by atoms with Gasteiger partial charge in [0, 0.05) is 94.4 Å². The Balaban J connectivity index is 0.891. The molecule has 2 unspecified atom stereocenters. The maximum atomic E-state index is 15.2. The molecule has 1 fully saturated rings. The monoisotopic (exact) mass is 1140 g/mol. The molecule has 1 saturated heterocycles. The van der Waals surface area contributed by atoms with Crippen molar-refractivity contribution in [1.29, 1.82) is 0 Å². The minimum Gasteiger partial charge on any atom is -0.465 e. The van der Waals surface area contributed by atoms with Gasteiger partial charge >= 0.3 is 6.09 Å². The molecule has 0 aliphatic carbocycles. The number of nitrogens with zero attached hydrogens (tertiary/aromatic N) is 5. The summed E-state index contributed by atoms with van der Waals surface area (Å²) >= 11 is 0. The molecule has 5 rings (SSSR count). The zero-order valence-electron chi connectivity index (χ0n) is 46.6. The first kappa shape index (κ1) is 65.5. The van der Waals surface area contributed by atoms with Crippen molar-refractivity contribution in [2.24, 2.45) is 17.3 Å². The van der Waals surface area contributed by atoms with Crippen molar-refractivity contribution in [1.82, 2.24) is 34.9 Å². The van der Waals surface area contributed by atoms with Crippen molar-refractivity contribution in [3.8, 4) is 11.3 Å². The third-order valence-electron chi connectivity index (χ3n) is 13.0. The zero-order chi connectivity index (χ0) is 58.4. The molecule has 0 saturated carbocycles. The number of hydrogen-bond donors (Lipinski definition) is 4. The molecular weight excluding hydrogens is 1060 g/mol. The van der Waals surface area contributed by atoms with Crippen molar-refractivity contribution in [2.75, 3.05) is 152 Å². The van der Waals surface area contributed by atoms with Gasteiger partial charge in [-0.25, -0.2) is 18.6 Å². The van der Waals surface area contributed by atoms with Gasteiger partial charge in [-0.1, -0.05) is 51.1 Å². The van der Waals surface area contributed by atoms with E-state index in [2.05, 4.69) is 10.6 Å². The van der Waals surface area contributed by atoms with Crippen LogP contribution < -0.4 is 10.6 Å². The number of nitrogens with one attached hydrogen (secondary N) is 2. The van der Waals surface area contributed by atoms with Gasteiger partial charge in [0.2, 0.25) is 17.7 Å². The summed E-state index contributed by atoms with van der Waals surface area (Å²) in [6.45, 7) is 11.2. The highest BCUT2D eigenvalue weighted by atomic mass is 19.1. The van der Waals surface area contributed by atoms with Crippen LogP contribution in [0.25, 0.3) is 11.3 Å². The maximum absolute atomic E-state index is 15.2. The Labute approximate surface area is 471 Å². The quantitative estimate of drug-likeness (QED) is 0.0471. The molecule has 448 valence electrons. The first-order valence-electron chi connectivity index (χ1n) is 27.2. The number of halogens is 2. The number of imidazole rings is 1. The fraction of sp³-hybridized carbons (Fsp3) is 0.589. The first-order chi connectivity index (χ1) is 39.0. The van der Waals surface area contributed by atoms with E-state index in [0.717, 1.165) is 28.7 Å². The van der Waals surface area contributed by atoms with Crippen molar-refractivity contribution >= 4 is 35.6 Å². The molecule has 3 heterocycles. The molecule has 2 aromatic carbocycles. The Morgan fingerprint density at radius 2 is 1.22 bits per heavy atom. The average molecular weight is 1140 g/mol. The summed E-state index contributed by atoms with van der Waals surface area (Å²) in [6, 6.07) is 11.7. The normalized spacial score (nSPS) is 15.7. The molecular formula is C56H79F2N7O16. The van der Waals surface area contributed by atoms with E-state index in [1.807, 2.05) is 51.1 Å². The molecule has 3 atom stereocenters. The molecule has 2 aliphatic rings. The summed E-state index contributed by atoms with van der Waals surface area (Å²) in [5, 5.41) is 26.0. The smallest absolute Gasteiger partial charge is 0.407 e. The Hall–Kier alpha value is -6.29. The predicted molar refractivity (Wildman–Crippen MR) is 288 cm³/mol. The minimum absolute atomic E-state index is 0.00376. The third kappa shape index (κ3) is 23.2. The highest BCUT2D eigenvalue weighted by molar-refractivity contribution is 6.13. The van der Waals surface area contributed by atoms with Crippen LogP contribution >= 0.6 is 0 Å². The molecule has 0 radical (unpaired) electrons. The zero-order valence-corrected chi connectivity index (χ0v) is 46.6. The average Bonchev–Trinajstić information content (AvgIpc) is 4.16. The number of aliphatic hydroxyl groups is 1. The second kappa shape index (κ2) is 35.5. The van der Waals surface area contributed by atoms with E-state index in [-0.39, 0.29) is 95.0 Å². The summed E-state index contributed by atoms with van der Waals surface area (Å²) in [5.41, 5.74) is 0.217. The summed E-state index contributed by atoms with van der Waals surface area (Å²) in [7, 11) is 0. The number of amides is 6. The van der Waals surface area contributed by atoms with Gasteiger partial charge in [-0.3, -0.25) is 28.9 Å². The number of carboxylic acid groups (broad SMARTS) is 1. The summed E-state index contributed by atoms with van der Waals surface area (Å²) in [5.74, 6) is -3.90. The van der Waals surface area contributed by atoms with Crippen LogP contribution in [0.3, 0.4) is 0 Å². The second-order valence-electron chi connectivity index (χ2n) is 20.1. The molecule has 1 aromatic heterocycles. The number of rotatable bonds is 40. The molecule has 81 heavy (non-hydrogen) atoms. The maximum Gasteiger partial charge on any atom is 0.407 e. The van der Waals surface area contributed by atoms with Crippen molar-refractivity contribution in [3.05, 3.63) is 89.9 Å². The lowest BCUT2D eigenvalue weighted by molar-refractivity contribution is -0.141. The van der Waals surface area contributed by atoms with Crippen LogP contribution in [-0.4, -0.2) is 222 Å². The first-order valence-corrected chi connectivity index (χ1v) is 27.2. The van der Waals surface area contributed by atoms with E-state index < -0.39 is 65.3 Å². The molecule has 3 aromatic rings. The number of hydrogen-bond acceptors (Lipinski definition) is 16. The van der Waals surface area contributed by atoms with E-state index in [4.69, 9.17) is 42.9 Å². The van der Waals surface area contributed by atoms with Crippen molar-refractivity contribution in [2.45, 2.75) is 46.2 Å². The number of benzene rings is 2. The van der Waals surface area contributed by atoms with Crippen LogP contribution in [0.4, 0.5) is 13.6 Å². The summed E-state index contributed by atoms with van der Waals surface area (Å²) < 4.78 is 75.5. The van der Waals surface area contributed by atoms with E-state index in [1.165, 1.54) is 22.0 Å². The SMILES string of the molecule is CC(C)(C)[C@H](c1nc(-c2cc(F)ccc2F)cn1Cc1ccccc1)N(CC1CN(C(=O)O)CC1CNC(=O)CCOCCOCCOCCOCCOCCOCCOCCOCCNC(=O)CCN1C(=O)C=CC1=O)C(=O)CO. The standard InChI is InChI=1S/C56H79F2N7O16/c1-56(2,3)53(54-61-47(45-33-44(57)9-10-46(45)58)39-62(54)35-41-7-5-4-6-8-41)65(52(71)40-66)38-43-37-63(55(72)73)36-42(43)34-60-49(68)14-17-74-19-21-76-23-25-78-27-29-80-31-32-81-30-28-79-26-24-77-22-20-75-18-15-59-48(67)13-16-64-50(69)11-12-51(64)70/h4-12,33,39,42-43,53,66H,13-32,34-38,40H2,1-3H3,(H,59,67)(H,60,68)(H,72,73)/t42?,43?,53-/m0/s1. The Bertz CT molecular complexity index is 2440.